The summed E-state index contributed by atoms with van der Waals surface area (Å²) >= 11 is 0. The lowest BCUT2D eigenvalue weighted by atomic mass is 10.1. The first-order valence-electron chi connectivity index (χ1n) is 4.34. The topological polar surface area (TPSA) is 98.5 Å². The largest absolute Gasteiger partial charge is 0.431 e. The number of nitro groups is 1. The third-order valence-corrected chi connectivity index (χ3v) is 2.10. The fraction of sp³-hybridized carbons (Fsp3) is 0.111. The van der Waals surface area contributed by atoms with Crippen LogP contribution in [0.4, 0.5) is 10.5 Å². The second-order valence-corrected chi connectivity index (χ2v) is 3.09. The molecule has 2 amide bonds. The molecule has 1 atom stereocenters. The van der Waals surface area contributed by atoms with Gasteiger partial charge in [0.05, 0.1) is 10.5 Å². The Morgan fingerprint density at radius 3 is 2.56 bits per heavy atom. The van der Waals surface area contributed by atoms with Gasteiger partial charge in [0, 0.05) is 6.07 Å². The van der Waals surface area contributed by atoms with Gasteiger partial charge < -0.3 is 4.74 Å². The van der Waals surface area contributed by atoms with E-state index in [1.54, 1.807) is 0 Å². The van der Waals surface area contributed by atoms with E-state index in [0.29, 0.717) is 0 Å². The third-order valence-electron chi connectivity index (χ3n) is 2.10. The van der Waals surface area contributed by atoms with Crippen molar-refractivity contribution in [2.24, 2.45) is 0 Å². The molecule has 0 spiro atoms. The van der Waals surface area contributed by atoms with E-state index in [-0.39, 0.29) is 11.3 Å². The van der Waals surface area contributed by atoms with Crippen LogP contribution >= 0.6 is 0 Å². The van der Waals surface area contributed by atoms with Crippen molar-refractivity contribution in [2.45, 2.75) is 6.10 Å². The number of ether oxygens (including phenoxy) is 1. The van der Waals surface area contributed by atoms with Gasteiger partial charge in [-0.2, -0.15) is 0 Å². The first-order chi connectivity index (χ1) is 7.59. The van der Waals surface area contributed by atoms with Gasteiger partial charge in [0.1, 0.15) is 0 Å². The van der Waals surface area contributed by atoms with Crippen molar-refractivity contribution in [3.05, 3.63) is 39.9 Å². The van der Waals surface area contributed by atoms with E-state index in [2.05, 4.69) is 4.74 Å². The molecule has 0 aliphatic carbocycles. The van der Waals surface area contributed by atoms with Crippen LogP contribution in [0.25, 0.3) is 0 Å². The van der Waals surface area contributed by atoms with Crippen LogP contribution in [-0.2, 0) is 9.53 Å². The Hall–Kier alpha value is -2.44. The Bertz CT molecular complexity index is 485. The average Bonchev–Trinajstić information content (AvgIpc) is 2.57. The summed E-state index contributed by atoms with van der Waals surface area (Å²) in [4.78, 5) is 32.1. The molecule has 1 heterocycles. The molecule has 1 aliphatic heterocycles. The van der Waals surface area contributed by atoms with Crippen LogP contribution in [0.5, 0.6) is 0 Å². The predicted molar refractivity (Wildman–Crippen MR) is 50.5 cm³/mol. The minimum atomic E-state index is -1.24. The zero-order valence-electron chi connectivity index (χ0n) is 7.88. The minimum Gasteiger partial charge on any atom is -0.431 e. The van der Waals surface area contributed by atoms with Gasteiger partial charge in [-0.05, 0) is 6.07 Å². The lowest BCUT2D eigenvalue weighted by molar-refractivity contribution is -0.386. The second kappa shape index (κ2) is 3.61. The number of nitrogens with zero attached hydrogens (tertiary/aromatic N) is 1. The Labute approximate surface area is 89.2 Å². The molecule has 0 radical (unpaired) electrons. The molecule has 82 valence electrons. The van der Waals surface area contributed by atoms with Crippen LogP contribution in [-0.4, -0.2) is 16.9 Å². The molecule has 1 fully saturated rings. The highest BCUT2D eigenvalue weighted by Gasteiger charge is 2.37. The van der Waals surface area contributed by atoms with Gasteiger partial charge in [0.2, 0.25) is 6.10 Å². The van der Waals surface area contributed by atoms with Gasteiger partial charge in [-0.25, -0.2) is 4.79 Å². The molecule has 1 aliphatic rings. The van der Waals surface area contributed by atoms with Crippen molar-refractivity contribution in [2.75, 3.05) is 0 Å². The van der Waals surface area contributed by atoms with E-state index in [1.807, 2.05) is 5.32 Å². The fourth-order valence-electron chi connectivity index (χ4n) is 1.44. The second-order valence-electron chi connectivity index (χ2n) is 3.09. The number of imide groups is 1. The monoisotopic (exact) mass is 222 g/mol. The van der Waals surface area contributed by atoms with Crippen molar-refractivity contribution in [1.29, 1.82) is 0 Å². The van der Waals surface area contributed by atoms with Crippen molar-refractivity contribution in [3.63, 3.8) is 0 Å². The highest BCUT2D eigenvalue weighted by Crippen LogP contribution is 2.29. The van der Waals surface area contributed by atoms with Crippen LogP contribution in [0.1, 0.15) is 11.7 Å². The molecule has 1 aromatic rings. The molecule has 0 bridgehead atoms. The molecule has 1 saturated heterocycles. The van der Waals surface area contributed by atoms with E-state index < -0.39 is 23.0 Å². The number of hydrogen-bond donors (Lipinski definition) is 1. The molecule has 0 aromatic heterocycles. The molecular formula is C9H6N2O5. The Kier molecular flexibility index (Phi) is 2.28. The lowest BCUT2D eigenvalue weighted by Crippen LogP contribution is -2.20. The van der Waals surface area contributed by atoms with E-state index in [0.717, 1.165) is 0 Å². The number of nitro benzene ring substituents is 1. The molecule has 7 nitrogen and oxygen atoms in total. The molecule has 1 N–H and O–H groups in total. The van der Waals surface area contributed by atoms with Gasteiger partial charge >= 0.3 is 6.09 Å². The summed E-state index contributed by atoms with van der Waals surface area (Å²) in [6, 6.07) is 5.62. The number of carbonyl (C=O) groups is 2. The maximum atomic E-state index is 11.3. The highest BCUT2D eigenvalue weighted by molar-refractivity contribution is 6.00. The maximum Gasteiger partial charge on any atom is 0.415 e. The smallest absolute Gasteiger partial charge is 0.415 e. The number of carbonyl (C=O) groups excluding carboxylic acids is 2. The number of nitrogens with one attached hydrogen (secondary N) is 1. The zero-order chi connectivity index (χ0) is 11.7. The minimum absolute atomic E-state index is 0.0656. The Morgan fingerprint density at radius 2 is 2.00 bits per heavy atom. The Balaban J connectivity index is 2.44. The van der Waals surface area contributed by atoms with E-state index in [1.165, 1.54) is 24.3 Å². The number of hydrogen-bond acceptors (Lipinski definition) is 5. The normalized spacial score (nSPS) is 19.1. The highest BCUT2D eigenvalue weighted by atomic mass is 16.6. The predicted octanol–water partition coefficient (Wildman–Crippen LogP) is 0.902. The van der Waals surface area contributed by atoms with Gasteiger partial charge in [-0.3, -0.25) is 20.2 Å². The lowest BCUT2D eigenvalue weighted by Gasteiger charge is -2.06. The van der Waals surface area contributed by atoms with Crippen molar-refractivity contribution in [3.8, 4) is 0 Å². The molecule has 1 aromatic carbocycles. The summed E-state index contributed by atoms with van der Waals surface area (Å²) in [5.74, 6) is -0.695. The van der Waals surface area contributed by atoms with Crippen LogP contribution in [0.3, 0.4) is 0 Å². The molecule has 2 rings (SSSR count). The zero-order valence-corrected chi connectivity index (χ0v) is 7.88. The summed E-state index contributed by atoms with van der Waals surface area (Å²) in [6.07, 6.45) is -2.14. The molecule has 7 heteroatoms. The summed E-state index contributed by atoms with van der Waals surface area (Å²) in [5.41, 5.74) is -0.187. The van der Waals surface area contributed by atoms with Crippen LogP contribution in [0.2, 0.25) is 0 Å². The summed E-state index contributed by atoms with van der Waals surface area (Å²) < 4.78 is 4.65. The molecule has 1 unspecified atom stereocenters. The molecule has 0 saturated carbocycles. The van der Waals surface area contributed by atoms with Crippen LogP contribution < -0.4 is 5.32 Å². The number of cyclic esters (lactones) is 1. The first-order valence-corrected chi connectivity index (χ1v) is 4.34. The number of alkyl carbamates (subject to hydrolysis) is 1. The third kappa shape index (κ3) is 1.58. The maximum absolute atomic E-state index is 11.3. The van der Waals surface area contributed by atoms with Gasteiger partial charge in [-0.15, -0.1) is 0 Å². The van der Waals surface area contributed by atoms with E-state index in [4.69, 9.17) is 0 Å². The van der Waals surface area contributed by atoms with Crippen molar-refractivity contribution in [1.82, 2.24) is 5.32 Å². The van der Waals surface area contributed by atoms with Crippen molar-refractivity contribution >= 4 is 17.7 Å². The van der Waals surface area contributed by atoms with E-state index in [9.17, 15) is 19.7 Å². The summed E-state index contributed by atoms with van der Waals surface area (Å²) in [6.45, 7) is 0. The number of amides is 2. The fourth-order valence-corrected chi connectivity index (χ4v) is 1.44. The van der Waals surface area contributed by atoms with Gasteiger partial charge in [0.15, 0.2) is 0 Å². The standard InChI is InChI=1S/C9H6N2O5/c12-8-7(16-9(13)10-8)5-3-1-2-4-6(5)11(14)15/h1-4,7H,(H,10,12,13). The molecular weight excluding hydrogens is 216 g/mol. The first kappa shape index (κ1) is 10.1. The number of benzene rings is 1. The van der Waals surface area contributed by atoms with Crippen LogP contribution in [0, 0.1) is 10.1 Å². The van der Waals surface area contributed by atoms with E-state index >= 15 is 0 Å². The van der Waals surface area contributed by atoms with Crippen molar-refractivity contribution < 1.29 is 19.2 Å². The number of rotatable bonds is 2. The van der Waals surface area contributed by atoms with Gasteiger partial charge in [0.25, 0.3) is 11.6 Å². The Morgan fingerprint density at radius 1 is 1.31 bits per heavy atom. The average molecular weight is 222 g/mol. The summed E-state index contributed by atoms with van der Waals surface area (Å²) in [7, 11) is 0. The summed E-state index contributed by atoms with van der Waals surface area (Å²) in [5, 5.41) is 12.6. The number of para-hydroxylation sites is 1. The molecule has 16 heavy (non-hydrogen) atoms. The quantitative estimate of drug-likeness (QED) is 0.592. The van der Waals surface area contributed by atoms with Crippen LogP contribution in [0.15, 0.2) is 24.3 Å². The SMILES string of the molecule is O=C1NC(=O)C(c2ccccc2[N+](=O)[O-])O1. The van der Waals surface area contributed by atoms with Gasteiger partial charge in [-0.1, -0.05) is 12.1 Å².